The Morgan fingerprint density at radius 2 is 1.76 bits per heavy atom. The number of carbonyl (C=O) groups excluding carboxylic acids is 1. The van der Waals surface area contributed by atoms with Crippen LogP contribution in [-0.4, -0.2) is 32.2 Å². The molecule has 2 N–H and O–H groups in total. The predicted molar refractivity (Wildman–Crippen MR) is 82.9 cm³/mol. The molecule has 0 saturated carbocycles. The summed E-state index contributed by atoms with van der Waals surface area (Å²) in [5.74, 6) is -0.509. The second-order valence-electron chi connectivity index (χ2n) is 5.62. The minimum atomic E-state index is -3.66. The average molecular weight is 314 g/mol. The van der Waals surface area contributed by atoms with Crippen LogP contribution in [-0.2, 0) is 14.8 Å². The van der Waals surface area contributed by atoms with E-state index in [0.717, 1.165) is 0 Å². The number of hydrogen-bond donors (Lipinski definition) is 2. The fourth-order valence-corrected chi connectivity index (χ4v) is 3.10. The Hall–Kier alpha value is -1.60. The van der Waals surface area contributed by atoms with Gasteiger partial charge < -0.3 is 10.1 Å². The molecule has 0 unspecified atom stereocenters. The number of sulfonamides is 1. The van der Waals surface area contributed by atoms with Gasteiger partial charge in [0.05, 0.1) is 6.61 Å². The smallest absolute Gasteiger partial charge is 0.240 e. The van der Waals surface area contributed by atoms with Crippen molar-refractivity contribution in [1.29, 1.82) is 0 Å². The van der Waals surface area contributed by atoms with Gasteiger partial charge in [0.25, 0.3) is 0 Å². The van der Waals surface area contributed by atoms with Crippen molar-refractivity contribution in [1.82, 2.24) is 4.72 Å². The highest BCUT2D eigenvalue weighted by molar-refractivity contribution is 7.90. The molecule has 0 aliphatic carbocycles. The van der Waals surface area contributed by atoms with E-state index >= 15 is 0 Å². The fraction of sp³-hybridized carbons (Fsp3) is 0.500. The van der Waals surface area contributed by atoms with Gasteiger partial charge in [0.1, 0.15) is 11.5 Å². The number of carbonyl (C=O) groups is 1. The van der Waals surface area contributed by atoms with Gasteiger partial charge in [-0.3, -0.25) is 4.79 Å². The van der Waals surface area contributed by atoms with Crippen molar-refractivity contribution >= 4 is 21.6 Å². The van der Waals surface area contributed by atoms with Crippen molar-refractivity contribution in [2.45, 2.75) is 33.2 Å². The summed E-state index contributed by atoms with van der Waals surface area (Å²) < 4.78 is 31.3. The SMILES string of the molecule is CCOc1ccc(NC(=O)CS(=O)(=O)NC(C)(C)C)cc1. The van der Waals surface area contributed by atoms with Crippen molar-refractivity contribution < 1.29 is 17.9 Å². The van der Waals surface area contributed by atoms with E-state index in [2.05, 4.69) is 10.0 Å². The highest BCUT2D eigenvalue weighted by atomic mass is 32.2. The summed E-state index contributed by atoms with van der Waals surface area (Å²) in [6, 6.07) is 6.74. The lowest BCUT2D eigenvalue weighted by atomic mass is 10.1. The van der Waals surface area contributed by atoms with Crippen molar-refractivity contribution in [2.75, 3.05) is 17.7 Å². The molecule has 0 aromatic heterocycles. The average Bonchev–Trinajstić information content (AvgIpc) is 2.27. The van der Waals surface area contributed by atoms with Gasteiger partial charge in [0.2, 0.25) is 15.9 Å². The summed E-state index contributed by atoms with van der Waals surface area (Å²) in [7, 11) is -3.66. The molecule has 0 fully saturated rings. The van der Waals surface area contributed by atoms with Crippen LogP contribution >= 0.6 is 0 Å². The Morgan fingerprint density at radius 3 is 2.24 bits per heavy atom. The minimum absolute atomic E-state index is 0.523. The molecule has 1 rings (SSSR count). The number of nitrogens with one attached hydrogen (secondary N) is 2. The van der Waals surface area contributed by atoms with Crippen LogP contribution in [0.4, 0.5) is 5.69 Å². The molecule has 1 aromatic carbocycles. The van der Waals surface area contributed by atoms with Gasteiger partial charge in [-0.2, -0.15) is 0 Å². The van der Waals surface area contributed by atoms with E-state index in [9.17, 15) is 13.2 Å². The second kappa shape index (κ2) is 6.91. The molecule has 0 atom stereocenters. The van der Waals surface area contributed by atoms with E-state index in [-0.39, 0.29) is 0 Å². The third-order valence-corrected chi connectivity index (χ3v) is 3.80. The van der Waals surface area contributed by atoms with E-state index in [0.29, 0.717) is 18.0 Å². The van der Waals surface area contributed by atoms with Crippen LogP contribution in [0.5, 0.6) is 5.75 Å². The molecular weight excluding hydrogens is 292 g/mol. The van der Waals surface area contributed by atoms with Crippen LogP contribution in [0, 0.1) is 0 Å². The van der Waals surface area contributed by atoms with E-state index < -0.39 is 27.2 Å². The van der Waals surface area contributed by atoms with Crippen molar-refractivity contribution in [3.8, 4) is 5.75 Å². The van der Waals surface area contributed by atoms with Crippen molar-refractivity contribution in [3.05, 3.63) is 24.3 Å². The molecule has 0 spiro atoms. The highest BCUT2D eigenvalue weighted by Crippen LogP contribution is 2.15. The summed E-state index contributed by atoms with van der Waals surface area (Å²) in [5.41, 5.74) is -0.0902. The molecule has 0 saturated heterocycles. The first-order chi connectivity index (χ1) is 9.61. The summed E-state index contributed by atoms with van der Waals surface area (Å²) in [5, 5.41) is 2.54. The second-order valence-corrected chi connectivity index (χ2v) is 7.34. The van der Waals surface area contributed by atoms with Crippen molar-refractivity contribution in [3.63, 3.8) is 0 Å². The Bertz CT molecular complexity index is 574. The molecule has 21 heavy (non-hydrogen) atoms. The third kappa shape index (κ3) is 7.10. The number of hydrogen-bond acceptors (Lipinski definition) is 4. The highest BCUT2D eigenvalue weighted by Gasteiger charge is 2.22. The normalized spacial score (nSPS) is 12.0. The van der Waals surface area contributed by atoms with Gasteiger partial charge in [-0.1, -0.05) is 0 Å². The number of anilines is 1. The Labute approximate surface area is 125 Å². The molecule has 0 bridgehead atoms. The molecule has 0 heterocycles. The summed E-state index contributed by atoms with van der Waals surface area (Å²) >= 11 is 0. The van der Waals surface area contributed by atoms with E-state index in [1.165, 1.54) is 0 Å². The molecule has 0 radical (unpaired) electrons. The van der Waals surface area contributed by atoms with E-state index in [4.69, 9.17) is 4.74 Å². The number of benzene rings is 1. The largest absolute Gasteiger partial charge is 0.494 e. The number of ether oxygens (including phenoxy) is 1. The lowest BCUT2D eigenvalue weighted by molar-refractivity contribution is -0.113. The van der Waals surface area contributed by atoms with Gasteiger partial charge in [0, 0.05) is 11.2 Å². The molecule has 118 valence electrons. The summed E-state index contributed by atoms with van der Waals surface area (Å²) in [6.07, 6.45) is 0. The minimum Gasteiger partial charge on any atom is -0.494 e. The van der Waals surface area contributed by atoms with Gasteiger partial charge in [-0.15, -0.1) is 0 Å². The van der Waals surface area contributed by atoms with Gasteiger partial charge in [-0.25, -0.2) is 13.1 Å². The van der Waals surface area contributed by atoms with Crippen LogP contribution in [0.3, 0.4) is 0 Å². The number of amides is 1. The third-order valence-electron chi connectivity index (χ3n) is 2.23. The maximum Gasteiger partial charge on any atom is 0.240 e. The maximum atomic E-state index is 11.8. The molecular formula is C14H22N2O4S. The first-order valence-electron chi connectivity index (χ1n) is 6.66. The first-order valence-corrected chi connectivity index (χ1v) is 8.31. The van der Waals surface area contributed by atoms with Crippen LogP contribution in [0.25, 0.3) is 0 Å². The zero-order valence-electron chi connectivity index (χ0n) is 12.8. The topological polar surface area (TPSA) is 84.5 Å². The van der Waals surface area contributed by atoms with Gasteiger partial charge in [0.15, 0.2) is 0 Å². The fourth-order valence-electron chi connectivity index (χ4n) is 1.67. The van der Waals surface area contributed by atoms with E-state index in [1.54, 1.807) is 45.0 Å². The predicted octanol–water partition coefficient (Wildman–Crippen LogP) is 1.74. The quantitative estimate of drug-likeness (QED) is 0.837. The summed E-state index contributed by atoms with van der Waals surface area (Å²) in [4.78, 5) is 11.8. The Kier molecular flexibility index (Phi) is 5.74. The lowest BCUT2D eigenvalue weighted by Crippen LogP contribution is -2.43. The van der Waals surface area contributed by atoms with Crippen LogP contribution in [0.2, 0.25) is 0 Å². The van der Waals surface area contributed by atoms with Crippen LogP contribution in [0.1, 0.15) is 27.7 Å². The number of rotatable bonds is 6. The van der Waals surface area contributed by atoms with Gasteiger partial charge >= 0.3 is 0 Å². The molecule has 1 amide bonds. The lowest BCUT2D eigenvalue weighted by Gasteiger charge is -2.20. The van der Waals surface area contributed by atoms with Gasteiger partial charge in [-0.05, 0) is 52.0 Å². The first kappa shape index (κ1) is 17.5. The van der Waals surface area contributed by atoms with E-state index in [1.807, 2.05) is 6.92 Å². The summed E-state index contributed by atoms with van der Waals surface area (Å²) in [6.45, 7) is 7.59. The van der Waals surface area contributed by atoms with Crippen LogP contribution < -0.4 is 14.8 Å². The zero-order valence-corrected chi connectivity index (χ0v) is 13.6. The molecule has 0 aliphatic heterocycles. The Balaban J connectivity index is 2.61. The van der Waals surface area contributed by atoms with Crippen LogP contribution in [0.15, 0.2) is 24.3 Å². The molecule has 0 aliphatic rings. The molecule has 6 nitrogen and oxygen atoms in total. The Morgan fingerprint density at radius 1 is 1.19 bits per heavy atom. The molecule has 7 heteroatoms. The standard InChI is InChI=1S/C14H22N2O4S/c1-5-20-12-8-6-11(7-9-12)15-13(17)10-21(18,19)16-14(2,3)4/h6-9,16H,5,10H2,1-4H3,(H,15,17). The zero-order chi connectivity index (χ0) is 16.1. The van der Waals surface area contributed by atoms with Crippen molar-refractivity contribution in [2.24, 2.45) is 0 Å². The molecule has 1 aromatic rings. The monoisotopic (exact) mass is 314 g/mol. The maximum absolute atomic E-state index is 11.8.